The predicted molar refractivity (Wildman–Crippen MR) is 193 cm³/mol. The molecular weight excluding hydrogens is 691 g/mol. The van der Waals surface area contributed by atoms with Gasteiger partial charge in [-0.05, 0) is 86.6 Å². The number of carbonyl (C=O) groups is 1. The molecule has 3 aliphatic heterocycles. The number of amides is 1. The van der Waals surface area contributed by atoms with Gasteiger partial charge in [0.15, 0.2) is 5.82 Å². The molecule has 3 aromatic carbocycles. The number of nitriles is 1. The maximum Gasteiger partial charge on any atom is 0.226 e. The molecule has 5 fully saturated rings. The molecule has 5 aliphatic rings. The number of nitrogens with zero attached hydrogens (tertiary/aromatic N) is 4. The molecule has 5 heterocycles. The number of carbonyl (C=O) groups excluding carboxylic acids is 1. The highest BCUT2D eigenvalue weighted by Gasteiger charge is 2.51. The summed E-state index contributed by atoms with van der Waals surface area (Å²) >= 11 is 13.1. The summed E-state index contributed by atoms with van der Waals surface area (Å²) in [6, 6.07) is 17.6. The Morgan fingerprint density at radius 3 is 2.61 bits per heavy atom. The van der Waals surface area contributed by atoms with Crippen molar-refractivity contribution in [1.29, 1.82) is 5.26 Å². The maximum absolute atomic E-state index is 17.1. The zero-order valence-corrected chi connectivity index (χ0v) is 29.4. The standard InChI is InChI=1S/C40H35Cl2F2N5O2/c1-20-28-17-33(32-16-26(19-48(32)40(50)21-7-8-21)51-25-11-9-24(43)10-12-25)49(38-23-15-31(38)46-18-23)39(28)29-14-22(4-3-13-45)34(36(44)37(29)47-20)27-5-2-6-30(41)35(27)42/h2,5-6,9-12,14,17,21,23,26,31-32,38,46H,3-4,7-8,15-16,18-19H2,1H3. The van der Waals surface area contributed by atoms with E-state index in [0.29, 0.717) is 63.8 Å². The van der Waals surface area contributed by atoms with Gasteiger partial charge >= 0.3 is 0 Å². The molecule has 0 radical (unpaired) electrons. The van der Waals surface area contributed by atoms with E-state index >= 15 is 4.39 Å². The van der Waals surface area contributed by atoms with E-state index in [9.17, 15) is 14.4 Å². The van der Waals surface area contributed by atoms with Crippen LogP contribution in [0.3, 0.4) is 0 Å². The quantitative estimate of drug-likeness (QED) is 0.173. The third kappa shape index (κ3) is 5.37. The minimum atomic E-state index is -0.502. The van der Waals surface area contributed by atoms with Crippen LogP contribution in [0.25, 0.3) is 32.9 Å². The minimum Gasteiger partial charge on any atom is -0.488 e. The normalized spacial score (nSPS) is 23.9. The summed E-state index contributed by atoms with van der Waals surface area (Å²) in [5, 5.41) is 15.4. The highest BCUT2D eigenvalue weighted by atomic mass is 35.5. The van der Waals surface area contributed by atoms with E-state index in [1.54, 1.807) is 30.3 Å². The van der Waals surface area contributed by atoms with Crippen LogP contribution in [-0.2, 0) is 11.2 Å². The lowest BCUT2D eigenvalue weighted by Crippen LogP contribution is -2.41. The third-order valence-electron chi connectivity index (χ3n) is 11.4. The second-order valence-corrected chi connectivity index (χ2v) is 15.3. The van der Waals surface area contributed by atoms with Crippen molar-refractivity contribution in [2.75, 3.05) is 13.1 Å². The fraction of sp³-hybridized carbons (Fsp3) is 0.375. The van der Waals surface area contributed by atoms with Gasteiger partial charge in [-0.25, -0.2) is 13.8 Å². The number of hydrogen-bond donors (Lipinski definition) is 1. The number of rotatable bonds is 8. The summed E-state index contributed by atoms with van der Waals surface area (Å²) in [4.78, 5) is 20.8. The summed E-state index contributed by atoms with van der Waals surface area (Å²) in [5.41, 5.74) is 4.21. The zero-order valence-electron chi connectivity index (χ0n) is 27.9. The van der Waals surface area contributed by atoms with Gasteiger partial charge in [0.25, 0.3) is 0 Å². The van der Waals surface area contributed by atoms with Crippen molar-refractivity contribution in [3.8, 4) is 22.9 Å². The molecule has 10 rings (SSSR count). The van der Waals surface area contributed by atoms with E-state index in [4.69, 9.17) is 32.9 Å². The van der Waals surface area contributed by atoms with Crippen molar-refractivity contribution in [2.45, 2.75) is 69.7 Å². The fourth-order valence-corrected chi connectivity index (χ4v) is 9.17. The van der Waals surface area contributed by atoms with Crippen molar-refractivity contribution in [1.82, 2.24) is 19.8 Å². The van der Waals surface area contributed by atoms with Crippen molar-refractivity contribution in [2.24, 2.45) is 11.8 Å². The van der Waals surface area contributed by atoms with Gasteiger partial charge in [-0.3, -0.25) is 4.79 Å². The Labute approximate surface area is 304 Å². The molecule has 5 aromatic rings. The first-order chi connectivity index (χ1) is 24.7. The second kappa shape index (κ2) is 12.5. The number of hydrogen-bond acceptors (Lipinski definition) is 5. The van der Waals surface area contributed by atoms with Gasteiger partial charge in [-0.15, -0.1) is 0 Å². The van der Waals surface area contributed by atoms with Crippen molar-refractivity contribution in [3.63, 3.8) is 0 Å². The number of likely N-dealkylation sites (tertiary alicyclic amines) is 1. The van der Waals surface area contributed by atoms with E-state index in [2.05, 4.69) is 22.0 Å². The van der Waals surface area contributed by atoms with E-state index < -0.39 is 5.82 Å². The van der Waals surface area contributed by atoms with E-state index in [1.807, 2.05) is 17.9 Å². The van der Waals surface area contributed by atoms with Crippen LogP contribution in [0.5, 0.6) is 5.75 Å². The number of pyridine rings is 1. The van der Waals surface area contributed by atoms with E-state index in [1.165, 1.54) is 12.1 Å². The molecular formula is C40H35Cl2F2N5O2. The number of aryl methyl sites for hydroxylation is 2. The number of ether oxygens (including phenoxy) is 1. The van der Waals surface area contributed by atoms with Crippen LogP contribution in [0.4, 0.5) is 8.78 Å². The van der Waals surface area contributed by atoms with Gasteiger partial charge in [0, 0.05) is 64.6 Å². The van der Waals surface area contributed by atoms with E-state index in [-0.39, 0.29) is 58.8 Å². The smallest absolute Gasteiger partial charge is 0.226 e. The Morgan fingerprint density at radius 2 is 1.90 bits per heavy atom. The Morgan fingerprint density at radius 1 is 1.10 bits per heavy atom. The average Bonchev–Trinajstić information content (AvgIpc) is 3.40. The Kier molecular flexibility index (Phi) is 7.99. The molecule has 5 atom stereocenters. The second-order valence-electron chi connectivity index (χ2n) is 14.5. The first-order valence-electron chi connectivity index (χ1n) is 17.7. The van der Waals surface area contributed by atoms with Crippen LogP contribution in [0.2, 0.25) is 10.0 Å². The summed E-state index contributed by atoms with van der Waals surface area (Å²) < 4.78 is 39.6. The largest absolute Gasteiger partial charge is 0.488 e. The highest BCUT2D eigenvalue weighted by Crippen LogP contribution is 2.51. The molecule has 0 spiro atoms. The lowest BCUT2D eigenvalue weighted by atomic mass is 9.79. The molecule has 51 heavy (non-hydrogen) atoms. The van der Waals surface area contributed by atoms with Gasteiger partial charge in [-0.1, -0.05) is 35.3 Å². The Balaban J connectivity index is 1.26. The molecule has 2 saturated carbocycles. The first kappa shape index (κ1) is 32.7. The monoisotopic (exact) mass is 725 g/mol. The average molecular weight is 727 g/mol. The molecule has 7 nitrogen and oxygen atoms in total. The number of nitrogens with one attached hydrogen (secondary N) is 1. The maximum atomic E-state index is 17.1. The molecule has 1 N–H and O–H groups in total. The molecule has 2 bridgehead atoms. The van der Waals surface area contributed by atoms with Crippen LogP contribution in [-0.4, -0.2) is 45.6 Å². The van der Waals surface area contributed by atoms with Crippen molar-refractivity contribution in [3.05, 3.63) is 93.2 Å². The SMILES string of the molecule is Cc1nc2c(F)c(-c3cccc(Cl)c3Cl)c(CCC#N)cc2c2c1cc(C1CC(Oc3ccc(F)cc3)CN1C(=O)C1CC1)n2C1C2CNC1C2. The topological polar surface area (TPSA) is 83.2 Å². The minimum absolute atomic E-state index is 0.00852. The highest BCUT2D eigenvalue weighted by molar-refractivity contribution is 6.43. The summed E-state index contributed by atoms with van der Waals surface area (Å²) in [6.45, 7) is 3.21. The molecule has 1 amide bonds. The van der Waals surface area contributed by atoms with Crippen molar-refractivity contribution < 1.29 is 18.3 Å². The lowest BCUT2D eigenvalue weighted by Gasteiger charge is -2.39. The Bertz CT molecular complexity index is 2270. The third-order valence-corrected chi connectivity index (χ3v) is 12.2. The molecule has 2 aromatic heterocycles. The van der Waals surface area contributed by atoms with Crippen LogP contribution >= 0.6 is 23.2 Å². The van der Waals surface area contributed by atoms with Crippen LogP contribution < -0.4 is 10.1 Å². The van der Waals surface area contributed by atoms with Crippen molar-refractivity contribution >= 4 is 50.9 Å². The molecule has 260 valence electrons. The predicted octanol–water partition coefficient (Wildman–Crippen LogP) is 8.87. The number of fused-ring (bicyclic) bond motifs is 4. The summed E-state index contributed by atoms with van der Waals surface area (Å²) in [7, 11) is 0. The van der Waals surface area contributed by atoms with Crippen LogP contribution in [0.15, 0.2) is 54.6 Å². The number of benzene rings is 3. The first-order valence-corrected chi connectivity index (χ1v) is 18.4. The van der Waals surface area contributed by atoms with E-state index in [0.717, 1.165) is 42.4 Å². The molecule has 2 aliphatic carbocycles. The van der Waals surface area contributed by atoms with Gasteiger partial charge in [0.1, 0.15) is 23.2 Å². The molecule has 11 heteroatoms. The van der Waals surface area contributed by atoms with Gasteiger partial charge in [0.05, 0.1) is 40.3 Å². The molecule has 3 saturated heterocycles. The Hall–Kier alpha value is -4.23. The molecule has 5 unspecified atom stereocenters. The zero-order chi connectivity index (χ0) is 35.1. The summed E-state index contributed by atoms with van der Waals surface area (Å²) in [5.74, 6) is 0.248. The fourth-order valence-electron chi connectivity index (χ4n) is 8.78. The van der Waals surface area contributed by atoms with Gasteiger partial charge in [-0.2, -0.15) is 5.26 Å². The van der Waals surface area contributed by atoms with Gasteiger partial charge < -0.3 is 19.5 Å². The lowest BCUT2D eigenvalue weighted by molar-refractivity contribution is -0.133. The summed E-state index contributed by atoms with van der Waals surface area (Å²) in [6.07, 6.45) is 3.58. The number of aromatic nitrogens is 2. The number of halogens is 4. The van der Waals surface area contributed by atoms with Crippen LogP contribution in [0.1, 0.15) is 61.1 Å². The van der Waals surface area contributed by atoms with Gasteiger partial charge in [0.2, 0.25) is 5.91 Å². The van der Waals surface area contributed by atoms with Crippen LogP contribution in [0, 0.1) is 41.7 Å².